The molecule has 1 saturated carbocycles. The number of rotatable bonds is 6. The Morgan fingerprint density at radius 3 is 2.58 bits per heavy atom. The van der Waals surface area contributed by atoms with E-state index in [0.29, 0.717) is 6.54 Å². The van der Waals surface area contributed by atoms with Gasteiger partial charge in [0.05, 0.1) is 6.10 Å². The fourth-order valence-corrected chi connectivity index (χ4v) is 3.16. The highest BCUT2D eigenvalue weighted by Gasteiger charge is 2.44. The summed E-state index contributed by atoms with van der Waals surface area (Å²) in [5, 5.41) is 3.77. The lowest BCUT2D eigenvalue weighted by Crippen LogP contribution is -2.24. The molecule has 1 amide bonds. The van der Waals surface area contributed by atoms with E-state index in [1.165, 1.54) is 0 Å². The van der Waals surface area contributed by atoms with E-state index in [1.54, 1.807) is 0 Å². The molecule has 126 valence electrons. The van der Waals surface area contributed by atoms with Crippen molar-refractivity contribution < 1.29 is 9.53 Å². The van der Waals surface area contributed by atoms with Gasteiger partial charge in [0.1, 0.15) is 5.75 Å². The Morgan fingerprint density at radius 1 is 1.21 bits per heavy atom. The van der Waals surface area contributed by atoms with Crippen LogP contribution in [0.4, 0.5) is 0 Å². The molecule has 1 aliphatic carbocycles. The molecule has 0 aromatic heterocycles. The van der Waals surface area contributed by atoms with Crippen LogP contribution >= 0.6 is 11.6 Å². The highest BCUT2D eigenvalue weighted by Crippen LogP contribution is 2.49. The predicted octanol–water partition coefficient (Wildman–Crippen LogP) is 4.55. The first-order valence-electron chi connectivity index (χ1n) is 8.32. The Balaban J connectivity index is 1.51. The number of hydrogen-bond acceptors (Lipinski definition) is 2. The molecule has 2 unspecified atom stereocenters. The number of halogens is 1. The second-order valence-electron chi connectivity index (χ2n) is 6.50. The maximum absolute atomic E-state index is 12.3. The van der Waals surface area contributed by atoms with E-state index < -0.39 is 0 Å². The molecule has 2 aromatic carbocycles. The molecule has 1 aliphatic rings. The lowest BCUT2D eigenvalue weighted by atomic mass is 10.1. The van der Waals surface area contributed by atoms with E-state index in [-0.39, 0.29) is 23.8 Å². The Hall–Kier alpha value is -2.00. The van der Waals surface area contributed by atoms with Crippen LogP contribution in [0.15, 0.2) is 48.5 Å². The summed E-state index contributed by atoms with van der Waals surface area (Å²) in [6.07, 6.45) is 1.03. The van der Waals surface area contributed by atoms with Crippen LogP contribution < -0.4 is 10.1 Å². The highest BCUT2D eigenvalue weighted by molar-refractivity contribution is 6.31. The molecule has 1 N–H and O–H groups in total. The van der Waals surface area contributed by atoms with Crippen molar-refractivity contribution in [1.29, 1.82) is 0 Å². The first kappa shape index (κ1) is 16.8. The summed E-state index contributed by atoms with van der Waals surface area (Å²) < 4.78 is 5.62. The lowest BCUT2D eigenvalue weighted by molar-refractivity contribution is -0.122. The van der Waals surface area contributed by atoms with Crippen LogP contribution in [0.3, 0.4) is 0 Å². The fraction of sp³-hybridized carbons (Fsp3) is 0.350. The third-order valence-corrected chi connectivity index (χ3v) is 4.54. The average Bonchev–Trinajstić information content (AvgIpc) is 3.34. The minimum absolute atomic E-state index is 0.0356. The van der Waals surface area contributed by atoms with Crippen molar-refractivity contribution >= 4 is 17.5 Å². The van der Waals surface area contributed by atoms with Gasteiger partial charge in [-0.25, -0.2) is 0 Å². The Labute approximate surface area is 148 Å². The maximum Gasteiger partial charge on any atom is 0.224 e. The van der Waals surface area contributed by atoms with Crippen molar-refractivity contribution in [3.05, 3.63) is 64.7 Å². The molecular formula is C20H22ClNO2. The van der Waals surface area contributed by atoms with Crippen LogP contribution in [-0.4, -0.2) is 12.0 Å². The summed E-state index contributed by atoms with van der Waals surface area (Å²) in [5.74, 6) is 1.23. The number of carbonyl (C=O) groups excluding carboxylic acids is 1. The van der Waals surface area contributed by atoms with Gasteiger partial charge >= 0.3 is 0 Å². The number of ether oxygens (including phenoxy) is 1. The molecule has 0 aliphatic heterocycles. The van der Waals surface area contributed by atoms with Gasteiger partial charge in [0.15, 0.2) is 0 Å². The number of nitrogens with one attached hydrogen (secondary N) is 1. The van der Waals surface area contributed by atoms with Crippen molar-refractivity contribution in [2.45, 2.75) is 38.8 Å². The summed E-state index contributed by atoms with van der Waals surface area (Å²) in [5.41, 5.74) is 2.14. The van der Waals surface area contributed by atoms with Crippen LogP contribution in [0, 0.1) is 5.92 Å². The molecule has 3 rings (SSSR count). The van der Waals surface area contributed by atoms with E-state index in [9.17, 15) is 4.79 Å². The number of amides is 1. The Bertz CT molecular complexity index is 712. The molecule has 2 aromatic rings. The average molecular weight is 344 g/mol. The first-order valence-corrected chi connectivity index (χ1v) is 8.70. The predicted molar refractivity (Wildman–Crippen MR) is 96.4 cm³/mol. The van der Waals surface area contributed by atoms with E-state index in [0.717, 1.165) is 28.3 Å². The zero-order valence-electron chi connectivity index (χ0n) is 14.0. The van der Waals surface area contributed by atoms with Crippen LogP contribution in [0.1, 0.15) is 37.3 Å². The molecule has 1 fully saturated rings. The van der Waals surface area contributed by atoms with Gasteiger partial charge in [-0.3, -0.25) is 4.79 Å². The van der Waals surface area contributed by atoms with Gasteiger partial charge in [0, 0.05) is 17.5 Å². The van der Waals surface area contributed by atoms with Crippen LogP contribution in [0.5, 0.6) is 5.75 Å². The van der Waals surface area contributed by atoms with Crippen LogP contribution in [0.25, 0.3) is 0 Å². The van der Waals surface area contributed by atoms with Crippen molar-refractivity contribution in [3.8, 4) is 5.75 Å². The molecular weight excluding hydrogens is 322 g/mol. The van der Waals surface area contributed by atoms with Gasteiger partial charge in [0.2, 0.25) is 5.91 Å². The fourth-order valence-electron chi connectivity index (χ4n) is 2.88. The molecule has 0 saturated heterocycles. The van der Waals surface area contributed by atoms with Gasteiger partial charge < -0.3 is 10.1 Å². The van der Waals surface area contributed by atoms with Gasteiger partial charge in [0.25, 0.3) is 0 Å². The summed E-state index contributed by atoms with van der Waals surface area (Å²) in [6, 6.07) is 15.6. The molecule has 3 nitrogen and oxygen atoms in total. The topological polar surface area (TPSA) is 38.3 Å². The van der Waals surface area contributed by atoms with Gasteiger partial charge in [-0.2, -0.15) is 0 Å². The molecule has 0 bridgehead atoms. The van der Waals surface area contributed by atoms with Crippen molar-refractivity contribution in [1.82, 2.24) is 5.32 Å². The molecule has 24 heavy (non-hydrogen) atoms. The van der Waals surface area contributed by atoms with Crippen LogP contribution in [-0.2, 0) is 11.3 Å². The SMILES string of the molecule is CC(C)Oc1ccc(CNC(=O)C2CC2c2ccccc2Cl)cc1. The molecule has 0 heterocycles. The molecule has 2 atom stereocenters. The van der Waals surface area contributed by atoms with E-state index in [4.69, 9.17) is 16.3 Å². The Morgan fingerprint density at radius 2 is 1.92 bits per heavy atom. The summed E-state index contributed by atoms with van der Waals surface area (Å²) in [7, 11) is 0. The second kappa shape index (κ2) is 7.27. The normalized spacial score (nSPS) is 19.2. The Kier molecular flexibility index (Phi) is 5.10. The largest absolute Gasteiger partial charge is 0.491 e. The van der Waals surface area contributed by atoms with Crippen molar-refractivity contribution in [2.75, 3.05) is 0 Å². The van der Waals surface area contributed by atoms with E-state index >= 15 is 0 Å². The second-order valence-corrected chi connectivity index (χ2v) is 6.91. The first-order chi connectivity index (χ1) is 11.5. The molecule has 0 spiro atoms. The summed E-state index contributed by atoms with van der Waals surface area (Å²) in [6.45, 7) is 4.53. The quantitative estimate of drug-likeness (QED) is 0.835. The molecule has 4 heteroatoms. The van der Waals surface area contributed by atoms with E-state index in [2.05, 4.69) is 5.32 Å². The molecule has 0 radical (unpaired) electrons. The number of hydrogen-bond donors (Lipinski definition) is 1. The summed E-state index contributed by atoms with van der Waals surface area (Å²) >= 11 is 6.21. The summed E-state index contributed by atoms with van der Waals surface area (Å²) in [4.78, 5) is 12.3. The monoisotopic (exact) mass is 343 g/mol. The van der Waals surface area contributed by atoms with Crippen LogP contribution in [0.2, 0.25) is 5.02 Å². The lowest BCUT2D eigenvalue weighted by Gasteiger charge is -2.10. The number of benzene rings is 2. The van der Waals surface area contributed by atoms with Crippen molar-refractivity contribution in [3.63, 3.8) is 0 Å². The minimum atomic E-state index is 0.0356. The van der Waals surface area contributed by atoms with Gasteiger partial charge in [-0.05, 0) is 55.5 Å². The van der Waals surface area contributed by atoms with Crippen molar-refractivity contribution in [2.24, 2.45) is 5.92 Å². The van der Waals surface area contributed by atoms with E-state index in [1.807, 2.05) is 62.4 Å². The third kappa shape index (κ3) is 4.09. The smallest absolute Gasteiger partial charge is 0.224 e. The zero-order chi connectivity index (χ0) is 17.1. The minimum Gasteiger partial charge on any atom is -0.491 e. The number of carbonyl (C=O) groups is 1. The standard InChI is InChI=1S/C20H22ClNO2/c1-13(2)24-15-9-7-14(8-10-15)12-22-20(23)18-11-17(18)16-5-3-4-6-19(16)21/h3-10,13,17-18H,11-12H2,1-2H3,(H,22,23). The highest BCUT2D eigenvalue weighted by atomic mass is 35.5. The third-order valence-electron chi connectivity index (χ3n) is 4.19. The van der Waals surface area contributed by atoms with Gasteiger partial charge in [-0.1, -0.05) is 41.9 Å². The van der Waals surface area contributed by atoms with Gasteiger partial charge in [-0.15, -0.1) is 0 Å². The maximum atomic E-state index is 12.3. The zero-order valence-corrected chi connectivity index (χ0v) is 14.7.